The summed E-state index contributed by atoms with van der Waals surface area (Å²) in [6, 6.07) is 16.1. The maximum Gasteiger partial charge on any atom is 0.265 e. The Morgan fingerprint density at radius 3 is 2.21 bits per heavy atom. The number of rotatable bonds is 6. The quantitative estimate of drug-likeness (QED) is 0.573. The maximum atomic E-state index is 12.2. The Kier molecular flexibility index (Phi) is 5.88. The zero-order valence-corrected chi connectivity index (χ0v) is 16.2. The topological polar surface area (TPSA) is 118 Å². The van der Waals surface area contributed by atoms with Crippen LogP contribution in [-0.2, 0) is 21.2 Å². The molecule has 0 aliphatic rings. The van der Waals surface area contributed by atoms with E-state index in [-0.39, 0.29) is 23.1 Å². The van der Waals surface area contributed by atoms with Gasteiger partial charge in [0.2, 0.25) is 15.9 Å². The lowest BCUT2D eigenvalue weighted by atomic mass is 10.1. The van der Waals surface area contributed by atoms with E-state index in [1.165, 1.54) is 35.6 Å². The number of anilines is 2. The highest BCUT2D eigenvalue weighted by molar-refractivity contribution is 7.89. The van der Waals surface area contributed by atoms with Crippen LogP contribution in [0.3, 0.4) is 0 Å². The standard InChI is InChI=1S/C19H17N3O4S2/c20-28(25,26)16-8-6-13(7-9-16)11-18(23)21-14-3-1-4-15(12-14)22-19(24)17-5-2-10-27-17/h1-10,12H,11H2,(H,21,23)(H,22,24)(H2,20,25,26). The zero-order valence-electron chi connectivity index (χ0n) is 14.6. The van der Waals surface area contributed by atoms with E-state index in [4.69, 9.17) is 5.14 Å². The lowest BCUT2D eigenvalue weighted by Crippen LogP contribution is -2.15. The molecule has 0 aliphatic carbocycles. The number of nitrogens with two attached hydrogens (primary N) is 1. The molecule has 4 N–H and O–H groups in total. The molecule has 0 saturated heterocycles. The first kappa shape index (κ1) is 19.7. The Hall–Kier alpha value is -3.01. The first-order valence-corrected chi connectivity index (χ1v) is 10.6. The third-order valence-electron chi connectivity index (χ3n) is 3.77. The van der Waals surface area contributed by atoms with Gasteiger partial charge >= 0.3 is 0 Å². The first-order chi connectivity index (χ1) is 13.3. The lowest BCUT2D eigenvalue weighted by molar-refractivity contribution is -0.115. The van der Waals surface area contributed by atoms with Crippen molar-refractivity contribution in [2.24, 2.45) is 5.14 Å². The number of benzene rings is 2. The van der Waals surface area contributed by atoms with Crippen molar-refractivity contribution in [3.63, 3.8) is 0 Å². The van der Waals surface area contributed by atoms with Gasteiger partial charge in [0.25, 0.3) is 5.91 Å². The van der Waals surface area contributed by atoms with Crippen molar-refractivity contribution >= 4 is 44.5 Å². The maximum absolute atomic E-state index is 12.2. The Labute approximate surface area is 166 Å². The molecule has 2 amide bonds. The Balaban J connectivity index is 1.62. The van der Waals surface area contributed by atoms with Gasteiger partial charge in [-0.05, 0) is 47.3 Å². The fraction of sp³-hybridized carbons (Fsp3) is 0.0526. The van der Waals surface area contributed by atoms with Crippen molar-refractivity contribution in [3.8, 4) is 0 Å². The molecule has 0 atom stereocenters. The number of carbonyl (C=O) groups is 2. The molecule has 144 valence electrons. The van der Waals surface area contributed by atoms with Crippen LogP contribution < -0.4 is 15.8 Å². The van der Waals surface area contributed by atoms with Crippen LogP contribution >= 0.6 is 11.3 Å². The van der Waals surface area contributed by atoms with E-state index in [9.17, 15) is 18.0 Å². The van der Waals surface area contributed by atoms with Crippen LogP contribution in [0.5, 0.6) is 0 Å². The summed E-state index contributed by atoms with van der Waals surface area (Å²) in [4.78, 5) is 24.9. The third-order valence-corrected chi connectivity index (χ3v) is 5.56. The van der Waals surface area contributed by atoms with E-state index in [0.29, 0.717) is 21.8 Å². The second-order valence-electron chi connectivity index (χ2n) is 5.93. The van der Waals surface area contributed by atoms with E-state index in [1.54, 1.807) is 36.4 Å². The van der Waals surface area contributed by atoms with Crippen molar-refractivity contribution < 1.29 is 18.0 Å². The van der Waals surface area contributed by atoms with Crippen LogP contribution in [0.1, 0.15) is 15.2 Å². The van der Waals surface area contributed by atoms with Crippen molar-refractivity contribution in [2.45, 2.75) is 11.3 Å². The SMILES string of the molecule is NS(=O)(=O)c1ccc(CC(=O)Nc2cccc(NC(=O)c3cccs3)c2)cc1. The van der Waals surface area contributed by atoms with E-state index in [2.05, 4.69) is 10.6 Å². The van der Waals surface area contributed by atoms with Gasteiger partial charge in [-0.2, -0.15) is 0 Å². The third kappa shape index (κ3) is 5.26. The molecule has 3 rings (SSSR count). The molecule has 0 radical (unpaired) electrons. The zero-order chi connectivity index (χ0) is 20.1. The summed E-state index contributed by atoms with van der Waals surface area (Å²) in [5.41, 5.74) is 1.75. The van der Waals surface area contributed by atoms with E-state index < -0.39 is 10.0 Å². The van der Waals surface area contributed by atoms with E-state index in [1.807, 2.05) is 5.38 Å². The van der Waals surface area contributed by atoms with Gasteiger partial charge in [0, 0.05) is 11.4 Å². The summed E-state index contributed by atoms with van der Waals surface area (Å²) in [6.45, 7) is 0. The number of sulfonamides is 1. The van der Waals surface area contributed by atoms with Crippen molar-refractivity contribution in [3.05, 3.63) is 76.5 Å². The highest BCUT2D eigenvalue weighted by Crippen LogP contribution is 2.18. The summed E-state index contributed by atoms with van der Waals surface area (Å²) in [6.07, 6.45) is 0.0662. The van der Waals surface area contributed by atoms with Gasteiger partial charge in [-0.1, -0.05) is 24.3 Å². The molecular weight excluding hydrogens is 398 g/mol. The summed E-state index contributed by atoms with van der Waals surface area (Å²) < 4.78 is 22.5. The second kappa shape index (κ2) is 8.34. The molecule has 0 aliphatic heterocycles. The minimum atomic E-state index is -3.76. The number of hydrogen-bond acceptors (Lipinski definition) is 5. The Morgan fingerprint density at radius 1 is 0.929 bits per heavy atom. The highest BCUT2D eigenvalue weighted by atomic mass is 32.2. The number of thiophene rings is 1. The monoisotopic (exact) mass is 415 g/mol. The molecule has 2 aromatic carbocycles. The molecule has 0 fully saturated rings. The summed E-state index contributed by atoms with van der Waals surface area (Å²) in [7, 11) is -3.76. The molecule has 3 aromatic rings. The first-order valence-electron chi connectivity index (χ1n) is 8.18. The van der Waals surface area contributed by atoms with Gasteiger partial charge in [0.05, 0.1) is 16.2 Å². The number of primary sulfonamides is 1. The second-order valence-corrected chi connectivity index (χ2v) is 8.44. The number of amides is 2. The Bertz CT molecular complexity index is 1090. The lowest BCUT2D eigenvalue weighted by Gasteiger charge is -2.09. The highest BCUT2D eigenvalue weighted by Gasteiger charge is 2.10. The van der Waals surface area contributed by atoms with Crippen LogP contribution in [-0.4, -0.2) is 20.2 Å². The normalized spacial score (nSPS) is 11.0. The van der Waals surface area contributed by atoms with Gasteiger partial charge in [-0.3, -0.25) is 9.59 Å². The molecule has 28 heavy (non-hydrogen) atoms. The molecule has 9 heteroatoms. The van der Waals surface area contributed by atoms with Gasteiger partial charge in [-0.15, -0.1) is 11.3 Å². The van der Waals surface area contributed by atoms with Gasteiger partial charge in [0.15, 0.2) is 0 Å². The molecule has 1 aromatic heterocycles. The number of carbonyl (C=O) groups excluding carboxylic acids is 2. The van der Waals surface area contributed by atoms with Crippen molar-refractivity contribution in [1.29, 1.82) is 0 Å². The largest absolute Gasteiger partial charge is 0.326 e. The fourth-order valence-corrected chi connectivity index (χ4v) is 3.60. The van der Waals surface area contributed by atoms with E-state index >= 15 is 0 Å². The van der Waals surface area contributed by atoms with Crippen LogP contribution in [0.25, 0.3) is 0 Å². The van der Waals surface area contributed by atoms with Crippen molar-refractivity contribution in [2.75, 3.05) is 10.6 Å². The summed E-state index contributed by atoms with van der Waals surface area (Å²) in [5.74, 6) is -0.487. The molecule has 1 heterocycles. The van der Waals surface area contributed by atoms with Crippen LogP contribution in [0.4, 0.5) is 11.4 Å². The molecular formula is C19H17N3O4S2. The predicted octanol–water partition coefficient (Wildman–Crippen LogP) is 2.83. The minimum Gasteiger partial charge on any atom is -0.326 e. The average molecular weight is 415 g/mol. The molecule has 0 unspecified atom stereocenters. The molecule has 0 spiro atoms. The van der Waals surface area contributed by atoms with Gasteiger partial charge < -0.3 is 10.6 Å². The molecule has 7 nitrogen and oxygen atoms in total. The average Bonchev–Trinajstić information content (AvgIpc) is 3.16. The van der Waals surface area contributed by atoms with Gasteiger partial charge in [-0.25, -0.2) is 13.6 Å². The van der Waals surface area contributed by atoms with Crippen LogP contribution in [0.15, 0.2) is 70.9 Å². The van der Waals surface area contributed by atoms with Crippen molar-refractivity contribution in [1.82, 2.24) is 0 Å². The molecule has 0 saturated carbocycles. The van der Waals surface area contributed by atoms with E-state index in [0.717, 1.165) is 0 Å². The Morgan fingerprint density at radius 2 is 1.61 bits per heavy atom. The predicted molar refractivity (Wildman–Crippen MR) is 109 cm³/mol. The van der Waals surface area contributed by atoms with Crippen LogP contribution in [0.2, 0.25) is 0 Å². The summed E-state index contributed by atoms with van der Waals surface area (Å²) >= 11 is 1.34. The molecule has 0 bridgehead atoms. The van der Waals surface area contributed by atoms with Gasteiger partial charge in [0.1, 0.15) is 0 Å². The smallest absolute Gasteiger partial charge is 0.265 e. The number of hydrogen-bond donors (Lipinski definition) is 3. The minimum absolute atomic E-state index is 0.00848. The summed E-state index contributed by atoms with van der Waals surface area (Å²) in [5, 5.41) is 12.4. The van der Waals surface area contributed by atoms with Crippen LogP contribution in [0, 0.1) is 0 Å². The number of nitrogens with one attached hydrogen (secondary N) is 2. The fourth-order valence-electron chi connectivity index (χ4n) is 2.46.